The summed E-state index contributed by atoms with van der Waals surface area (Å²) in [6.45, 7) is 4.14. The van der Waals surface area contributed by atoms with Gasteiger partial charge in [0.15, 0.2) is 0 Å². The van der Waals surface area contributed by atoms with E-state index in [4.69, 9.17) is 23.2 Å². The van der Waals surface area contributed by atoms with Crippen LogP contribution in [0, 0.1) is 6.92 Å². The van der Waals surface area contributed by atoms with Gasteiger partial charge >= 0.3 is 0 Å². The van der Waals surface area contributed by atoms with Crippen molar-refractivity contribution in [1.82, 2.24) is 19.3 Å². The summed E-state index contributed by atoms with van der Waals surface area (Å²) in [4.78, 5) is 16.2. The summed E-state index contributed by atoms with van der Waals surface area (Å²) in [5.41, 5.74) is 1.44. The second-order valence-corrected chi connectivity index (χ2v) is 5.00. The molecule has 0 aliphatic heterocycles. The van der Waals surface area contributed by atoms with E-state index >= 15 is 0 Å². The maximum Gasteiger partial charge on any atom is 0.255 e. The molecule has 5 nitrogen and oxygen atoms in total. The van der Waals surface area contributed by atoms with E-state index in [0.29, 0.717) is 23.9 Å². The van der Waals surface area contributed by atoms with Gasteiger partial charge in [0.05, 0.1) is 12.2 Å². The van der Waals surface area contributed by atoms with E-state index in [0.717, 1.165) is 11.3 Å². The van der Waals surface area contributed by atoms with E-state index in [1.54, 1.807) is 16.3 Å². The molecule has 0 atom stereocenters. The molecular weight excluding hydrogens is 287 g/mol. The Kier molecular flexibility index (Phi) is 3.96. The predicted octanol–water partition coefficient (Wildman–Crippen LogP) is 2.20. The summed E-state index contributed by atoms with van der Waals surface area (Å²) in [6, 6.07) is 1.31. The van der Waals surface area contributed by atoms with Crippen LogP contribution < -0.4 is 5.56 Å². The zero-order valence-electron chi connectivity index (χ0n) is 10.9. The Morgan fingerprint density at radius 1 is 1.37 bits per heavy atom. The summed E-state index contributed by atoms with van der Waals surface area (Å²) in [7, 11) is 1.77. The largest absolute Gasteiger partial charge is 0.292 e. The second-order valence-electron chi connectivity index (χ2n) is 4.25. The molecule has 0 aliphatic carbocycles. The SMILES string of the molecule is CCc1nc(Cl)cc(=O)n1Cc1c(C)nn(C)c1Cl. The van der Waals surface area contributed by atoms with Gasteiger partial charge in [-0.15, -0.1) is 0 Å². The van der Waals surface area contributed by atoms with Crippen molar-refractivity contribution in [3.63, 3.8) is 0 Å². The minimum Gasteiger partial charge on any atom is -0.292 e. The maximum atomic E-state index is 12.0. The quantitative estimate of drug-likeness (QED) is 0.817. The van der Waals surface area contributed by atoms with Crippen LogP contribution in [-0.4, -0.2) is 19.3 Å². The van der Waals surface area contributed by atoms with Crippen LogP contribution in [0.5, 0.6) is 0 Å². The Bertz CT molecular complexity index is 675. The number of halogens is 2. The molecule has 2 aromatic heterocycles. The molecule has 0 bridgehead atoms. The summed E-state index contributed by atoms with van der Waals surface area (Å²) in [6.07, 6.45) is 0.618. The van der Waals surface area contributed by atoms with Gasteiger partial charge in [-0.2, -0.15) is 5.10 Å². The zero-order chi connectivity index (χ0) is 14.2. The third-order valence-electron chi connectivity index (χ3n) is 2.96. The lowest BCUT2D eigenvalue weighted by molar-refractivity contribution is 0.672. The van der Waals surface area contributed by atoms with Crippen molar-refractivity contribution in [2.75, 3.05) is 0 Å². The number of rotatable bonds is 3. The predicted molar refractivity (Wildman–Crippen MR) is 74.9 cm³/mol. The number of nitrogens with zero attached hydrogens (tertiary/aromatic N) is 4. The molecule has 0 amide bonds. The van der Waals surface area contributed by atoms with Crippen LogP contribution in [0.2, 0.25) is 10.3 Å². The molecule has 2 rings (SSSR count). The van der Waals surface area contributed by atoms with E-state index < -0.39 is 0 Å². The third-order valence-corrected chi connectivity index (χ3v) is 3.62. The first-order valence-electron chi connectivity index (χ1n) is 5.88. The molecule has 0 aliphatic rings. The van der Waals surface area contributed by atoms with Crippen molar-refractivity contribution in [3.05, 3.63) is 43.8 Å². The average molecular weight is 301 g/mol. The molecule has 2 aromatic rings. The van der Waals surface area contributed by atoms with Crippen molar-refractivity contribution in [1.29, 1.82) is 0 Å². The molecule has 0 aromatic carbocycles. The van der Waals surface area contributed by atoms with E-state index in [1.807, 2.05) is 13.8 Å². The van der Waals surface area contributed by atoms with Crippen molar-refractivity contribution in [2.45, 2.75) is 26.8 Å². The lowest BCUT2D eigenvalue weighted by Gasteiger charge is -2.10. The van der Waals surface area contributed by atoms with E-state index in [2.05, 4.69) is 10.1 Å². The molecule has 0 unspecified atom stereocenters. The molecule has 0 fully saturated rings. The van der Waals surface area contributed by atoms with Gasteiger partial charge in [0.1, 0.15) is 16.1 Å². The molecule has 0 spiro atoms. The van der Waals surface area contributed by atoms with Gasteiger partial charge in [0.25, 0.3) is 5.56 Å². The van der Waals surface area contributed by atoms with Crippen molar-refractivity contribution in [2.24, 2.45) is 7.05 Å². The minimum atomic E-state index is -0.184. The van der Waals surface area contributed by atoms with Crippen LogP contribution in [0.3, 0.4) is 0 Å². The zero-order valence-corrected chi connectivity index (χ0v) is 12.5. The lowest BCUT2D eigenvalue weighted by Crippen LogP contribution is -2.25. The van der Waals surface area contributed by atoms with Crippen LogP contribution >= 0.6 is 23.2 Å². The summed E-state index contributed by atoms with van der Waals surface area (Å²) in [5, 5.41) is 4.98. The van der Waals surface area contributed by atoms with Crippen LogP contribution in [0.15, 0.2) is 10.9 Å². The number of hydrogen-bond donors (Lipinski definition) is 0. The first kappa shape index (κ1) is 14.1. The van der Waals surface area contributed by atoms with Crippen LogP contribution in [0.4, 0.5) is 0 Å². The molecule has 0 radical (unpaired) electrons. The lowest BCUT2D eigenvalue weighted by atomic mass is 10.2. The molecular formula is C12H14Cl2N4O. The fourth-order valence-electron chi connectivity index (χ4n) is 1.97. The van der Waals surface area contributed by atoms with E-state index in [1.165, 1.54) is 6.07 Å². The molecule has 0 saturated heterocycles. The normalized spacial score (nSPS) is 11.0. The Hall–Kier alpha value is -1.33. The Morgan fingerprint density at radius 3 is 2.58 bits per heavy atom. The first-order valence-corrected chi connectivity index (χ1v) is 6.63. The van der Waals surface area contributed by atoms with Gasteiger partial charge in [-0.1, -0.05) is 30.1 Å². The molecule has 0 N–H and O–H groups in total. The van der Waals surface area contributed by atoms with Crippen molar-refractivity contribution in [3.8, 4) is 0 Å². The van der Waals surface area contributed by atoms with E-state index in [9.17, 15) is 4.79 Å². The Balaban J connectivity index is 2.52. The summed E-state index contributed by atoms with van der Waals surface area (Å²) in [5.74, 6) is 0.636. The molecule has 102 valence electrons. The molecule has 19 heavy (non-hydrogen) atoms. The van der Waals surface area contributed by atoms with Crippen LogP contribution in [0.1, 0.15) is 24.0 Å². The topological polar surface area (TPSA) is 52.7 Å². The van der Waals surface area contributed by atoms with Crippen molar-refractivity contribution < 1.29 is 0 Å². The summed E-state index contributed by atoms with van der Waals surface area (Å²) < 4.78 is 3.16. The van der Waals surface area contributed by atoms with E-state index in [-0.39, 0.29) is 10.7 Å². The third kappa shape index (κ3) is 2.67. The standard InChI is InChI=1S/C12H14Cl2N4O/c1-4-10-15-9(13)5-11(19)18(10)6-8-7(2)16-17(3)12(8)14/h5H,4,6H2,1-3H3. The Morgan fingerprint density at radius 2 is 2.05 bits per heavy atom. The highest BCUT2D eigenvalue weighted by atomic mass is 35.5. The van der Waals surface area contributed by atoms with Gasteiger partial charge in [0.2, 0.25) is 0 Å². The first-order chi connectivity index (χ1) is 8.93. The van der Waals surface area contributed by atoms with Gasteiger partial charge in [-0.3, -0.25) is 14.0 Å². The monoisotopic (exact) mass is 300 g/mol. The van der Waals surface area contributed by atoms with Gasteiger partial charge in [-0.25, -0.2) is 4.98 Å². The average Bonchev–Trinajstić information content (AvgIpc) is 2.58. The smallest absolute Gasteiger partial charge is 0.255 e. The number of hydrogen-bond acceptors (Lipinski definition) is 3. The number of aryl methyl sites for hydroxylation is 3. The van der Waals surface area contributed by atoms with Crippen LogP contribution in [0.25, 0.3) is 0 Å². The van der Waals surface area contributed by atoms with Crippen molar-refractivity contribution >= 4 is 23.2 Å². The highest BCUT2D eigenvalue weighted by molar-refractivity contribution is 6.30. The summed E-state index contributed by atoms with van der Waals surface area (Å²) >= 11 is 12.0. The number of aromatic nitrogens is 4. The fourth-order valence-corrected chi connectivity index (χ4v) is 2.40. The van der Waals surface area contributed by atoms with Crippen LogP contribution in [-0.2, 0) is 20.0 Å². The highest BCUT2D eigenvalue weighted by Gasteiger charge is 2.14. The minimum absolute atomic E-state index is 0.184. The molecule has 2 heterocycles. The van der Waals surface area contributed by atoms with Gasteiger partial charge < -0.3 is 0 Å². The van der Waals surface area contributed by atoms with Gasteiger partial charge in [0, 0.05) is 25.1 Å². The molecule has 7 heteroatoms. The fraction of sp³-hybridized carbons (Fsp3) is 0.417. The highest BCUT2D eigenvalue weighted by Crippen LogP contribution is 2.19. The van der Waals surface area contributed by atoms with Gasteiger partial charge in [-0.05, 0) is 6.92 Å². The Labute approximate surface area is 120 Å². The molecule has 0 saturated carbocycles. The maximum absolute atomic E-state index is 12.0. The second kappa shape index (κ2) is 5.35.